The van der Waals surface area contributed by atoms with E-state index in [9.17, 15) is 9.90 Å². The van der Waals surface area contributed by atoms with Gasteiger partial charge in [-0.05, 0) is 30.4 Å². The van der Waals surface area contributed by atoms with Gasteiger partial charge in [0.15, 0.2) is 0 Å². The predicted octanol–water partition coefficient (Wildman–Crippen LogP) is 3.78. The number of carboxylic acids is 1. The Kier molecular flexibility index (Phi) is 4.53. The van der Waals surface area contributed by atoms with Gasteiger partial charge in [0.05, 0.1) is 18.4 Å². The first-order valence-electron chi connectivity index (χ1n) is 7.19. The third-order valence-electron chi connectivity index (χ3n) is 4.22. The van der Waals surface area contributed by atoms with Crippen LogP contribution >= 0.6 is 0 Å². The summed E-state index contributed by atoms with van der Waals surface area (Å²) in [5.41, 5.74) is 1.20. The van der Waals surface area contributed by atoms with Crippen LogP contribution in [0.2, 0.25) is 0 Å². The largest absolute Gasteiger partial charge is 0.497 e. The van der Waals surface area contributed by atoms with Crippen LogP contribution in [-0.2, 0) is 0 Å². The Labute approximate surface area is 120 Å². The van der Waals surface area contributed by atoms with E-state index in [1.54, 1.807) is 25.3 Å². The molecule has 0 bridgehead atoms. The molecule has 2 rings (SSSR count). The summed E-state index contributed by atoms with van der Waals surface area (Å²) >= 11 is 0. The zero-order valence-corrected chi connectivity index (χ0v) is 12.2. The van der Waals surface area contributed by atoms with Gasteiger partial charge in [-0.15, -0.1) is 0 Å². The predicted molar refractivity (Wildman–Crippen MR) is 79.6 cm³/mol. The molecule has 0 unspecified atom stereocenters. The maximum Gasteiger partial charge on any atom is 0.337 e. The van der Waals surface area contributed by atoms with Gasteiger partial charge in [0.2, 0.25) is 0 Å². The number of nitrogens with one attached hydrogen (secondary N) is 1. The maximum atomic E-state index is 11.3. The maximum absolute atomic E-state index is 11.3. The van der Waals surface area contributed by atoms with Crippen molar-refractivity contribution >= 4 is 11.7 Å². The molecule has 0 aromatic heterocycles. The monoisotopic (exact) mass is 277 g/mol. The molecule has 0 spiro atoms. The van der Waals surface area contributed by atoms with Crippen LogP contribution in [0.1, 0.15) is 49.4 Å². The number of carboxylic acid groups (broad SMARTS) is 1. The Balaban J connectivity index is 2.12. The number of anilines is 1. The van der Waals surface area contributed by atoms with E-state index in [2.05, 4.69) is 12.2 Å². The highest BCUT2D eigenvalue weighted by atomic mass is 16.5. The lowest BCUT2D eigenvalue weighted by atomic mass is 9.75. The van der Waals surface area contributed by atoms with Crippen molar-refractivity contribution in [2.24, 2.45) is 5.41 Å². The summed E-state index contributed by atoms with van der Waals surface area (Å²) in [6.07, 6.45) is 6.25. The fraction of sp³-hybridized carbons (Fsp3) is 0.562. The highest BCUT2D eigenvalue weighted by Gasteiger charge is 2.27. The summed E-state index contributed by atoms with van der Waals surface area (Å²) in [5, 5.41) is 12.6. The van der Waals surface area contributed by atoms with Gasteiger partial charge in [0.25, 0.3) is 0 Å². The van der Waals surface area contributed by atoms with Crippen LogP contribution in [0.25, 0.3) is 0 Å². The van der Waals surface area contributed by atoms with Gasteiger partial charge in [-0.3, -0.25) is 0 Å². The van der Waals surface area contributed by atoms with Crippen LogP contribution in [-0.4, -0.2) is 24.7 Å². The second-order valence-corrected chi connectivity index (χ2v) is 5.94. The number of benzene rings is 1. The zero-order valence-electron chi connectivity index (χ0n) is 12.2. The van der Waals surface area contributed by atoms with Crippen LogP contribution < -0.4 is 10.1 Å². The molecule has 4 heteroatoms. The molecule has 1 aromatic rings. The van der Waals surface area contributed by atoms with Crippen molar-refractivity contribution in [3.8, 4) is 5.75 Å². The number of rotatable bonds is 5. The average Bonchev–Trinajstić information content (AvgIpc) is 2.45. The molecule has 0 radical (unpaired) electrons. The van der Waals surface area contributed by atoms with E-state index in [0.29, 0.717) is 17.0 Å². The van der Waals surface area contributed by atoms with Crippen LogP contribution in [0.4, 0.5) is 5.69 Å². The Morgan fingerprint density at radius 2 is 2.05 bits per heavy atom. The van der Waals surface area contributed by atoms with Crippen molar-refractivity contribution in [1.29, 1.82) is 0 Å². The Morgan fingerprint density at radius 1 is 1.35 bits per heavy atom. The van der Waals surface area contributed by atoms with Crippen molar-refractivity contribution < 1.29 is 14.6 Å². The molecule has 0 saturated heterocycles. The fourth-order valence-electron chi connectivity index (χ4n) is 2.87. The Hall–Kier alpha value is -1.71. The quantitative estimate of drug-likeness (QED) is 0.860. The number of aromatic carboxylic acids is 1. The second kappa shape index (κ2) is 6.16. The summed E-state index contributed by atoms with van der Waals surface area (Å²) in [6, 6.07) is 5.03. The summed E-state index contributed by atoms with van der Waals surface area (Å²) in [6.45, 7) is 3.08. The highest BCUT2D eigenvalue weighted by Crippen LogP contribution is 2.36. The first kappa shape index (κ1) is 14.7. The molecule has 1 aliphatic carbocycles. The SMILES string of the molecule is COc1ccc(C(=O)O)c(NCC2(C)CCCCC2)c1. The standard InChI is InChI=1S/C16H23NO3/c1-16(8-4-3-5-9-16)11-17-14-10-12(20-2)6-7-13(14)15(18)19/h6-7,10,17H,3-5,8-9,11H2,1-2H3,(H,18,19). The molecule has 110 valence electrons. The van der Waals surface area contributed by atoms with Gasteiger partial charge in [-0.25, -0.2) is 4.79 Å². The van der Waals surface area contributed by atoms with Crippen LogP contribution in [0.5, 0.6) is 5.75 Å². The lowest BCUT2D eigenvalue weighted by Crippen LogP contribution is -2.29. The lowest BCUT2D eigenvalue weighted by molar-refractivity contribution is 0.0697. The van der Waals surface area contributed by atoms with E-state index < -0.39 is 5.97 Å². The Morgan fingerprint density at radius 3 is 2.65 bits per heavy atom. The third-order valence-corrected chi connectivity index (χ3v) is 4.22. The van der Waals surface area contributed by atoms with Gasteiger partial charge in [0, 0.05) is 12.6 Å². The van der Waals surface area contributed by atoms with E-state index in [1.807, 2.05) is 0 Å². The number of carbonyl (C=O) groups is 1. The van der Waals surface area contributed by atoms with E-state index in [4.69, 9.17) is 4.74 Å². The van der Waals surface area contributed by atoms with Crippen molar-refractivity contribution in [1.82, 2.24) is 0 Å². The minimum absolute atomic E-state index is 0.261. The second-order valence-electron chi connectivity index (χ2n) is 5.94. The fourth-order valence-corrected chi connectivity index (χ4v) is 2.87. The molecule has 0 amide bonds. The molecule has 0 heterocycles. The van der Waals surface area contributed by atoms with Crippen molar-refractivity contribution in [3.63, 3.8) is 0 Å². The summed E-state index contributed by atoms with van der Waals surface area (Å²) in [5.74, 6) is -0.241. The number of hydrogen-bond donors (Lipinski definition) is 2. The molecular formula is C16H23NO3. The zero-order chi connectivity index (χ0) is 14.6. The van der Waals surface area contributed by atoms with Gasteiger partial charge < -0.3 is 15.2 Å². The van der Waals surface area contributed by atoms with E-state index in [0.717, 1.165) is 6.54 Å². The van der Waals surface area contributed by atoms with Gasteiger partial charge in [-0.1, -0.05) is 26.2 Å². The van der Waals surface area contributed by atoms with Crippen LogP contribution in [0.3, 0.4) is 0 Å². The number of hydrogen-bond acceptors (Lipinski definition) is 3. The first-order chi connectivity index (χ1) is 9.54. The summed E-state index contributed by atoms with van der Waals surface area (Å²) < 4.78 is 5.17. The van der Waals surface area contributed by atoms with Gasteiger partial charge >= 0.3 is 5.97 Å². The normalized spacial score (nSPS) is 17.5. The molecule has 1 aliphatic rings. The first-order valence-corrected chi connectivity index (χ1v) is 7.19. The molecule has 1 fully saturated rings. The molecule has 20 heavy (non-hydrogen) atoms. The lowest BCUT2D eigenvalue weighted by Gasteiger charge is -2.34. The van der Waals surface area contributed by atoms with E-state index in [-0.39, 0.29) is 5.41 Å². The molecule has 0 atom stereocenters. The number of ether oxygens (including phenoxy) is 1. The minimum atomic E-state index is -0.913. The minimum Gasteiger partial charge on any atom is -0.497 e. The van der Waals surface area contributed by atoms with Crippen molar-refractivity contribution in [3.05, 3.63) is 23.8 Å². The van der Waals surface area contributed by atoms with Crippen LogP contribution in [0.15, 0.2) is 18.2 Å². The summed E-state index contributed by atoms with van der Waals surface area (Å²) in [7, 11) is 1.59. The topological polar surface area (TPSA) is 58.6 Å². The molecular weight excluding hydrogens is 254 g/mol. The summed E-state index contributed by atoms with van der Waals surface area (Å²) in [4.78, 5) is 11.3. The van der Waals surface area contributed by atoms with Crippen molar-refractivity contribution in [2.45, 2.75) is 39.0 Å². The molecule has 0 aliphatic heterocycles. The number of methoxy groups -OCH3 is 1. The van der Waals surface area contributed by atoms with Crippen molar-refractivity contribution in [2.75, 3.05) is 19.0 Å². The smallest absolute Gasteiger partial charge is 0.337 e. The molecule has 1 aromatic carbocycles. The highest BCUT2D eigenvalue weighted by molar-refractivity contribution is 5.94. The molecule has 1 saturated carbocycles. The van der Waals surface area contributed by atoms with Crippen LogP contribution in [0, 0.1) is 5.41 Å². The molecule has 2 N–H and O–H groups in total. The van der Waals surface area contributed by atoms with E-state index in [1.165, 1.54) is 32.1 Å². The van der Waals surface area contributed by atoms with Gasteiger partial charge in [0.1, 0.15) is 5.75 Å². The third kappa shape index (κ3) is 3.44. The van der Waals surface area contributed by atoms with E-state index >= 15 is 0 Å². The molecule has 4 nitrogen and oxygen atoms in total. The average molecular weight is 277 g/mol. The Bertz CT molecular complexity index is 479. The van der Waals surface area contributed by atoms with Gasteiger partial charge in [-0.2, -0.15) is 0 Å².